The number of nitrogens with one attached hydrogen (secondary N) is 1. The standard InChI is InChI=1S/C16H11ClN4O8/c17-10-1-2-13(12(4-10)21(25)26)27-7-16(22)19-18-6-9-3-14-15(29-8-28-14)5-11(9)20(23)24/h1-6H,7-8H2,(H,19,22)/b18-6+. The predicted octanol–water partition coefficient (Wildman–Crippen LogP) is 2.41. The Balaban J connectivity index is 1.64. The van der Waals surface area contributed by atoms with Gasteiger partial charge in [0.15, 0.2) is 23.9 Å². The molecule has 0 atom stereocenters. The Labute approximate surface area is 166 Å². The number of rotatable bonds is 7. The van der Waals surface area contributed by atoms with Crippen molar-refractivity contribution < 1.29 is 28.9 Å². The maximum absolute atomic E-state index is 11.8. The summed E-state index contributed by atoms with van der Waals surface area (Å²) in [5.74, 6) is -0.351. The summed E-state index contributed by atoms with van der Waals surface area (Å²) in [6.07, 6.45) is 1.06. The normalized spacial score (nSPS) is 12.0. The lowest BCUT2D eigenvalue weighted by Gasteiger charge is -2.06. The third-order valence-electron chi connectivity index (χ3n) is 3.59. The number of hydrogen-bond donors (Lipinski definition) is 1. The number of amides is 1. The lowest BCUT2D eigenvalue weighted by atomic mass is 10.1. The highest BCUT2D eigenvalue weighted by atomic mass is 35.5. The van der Waals surface area contributed by atoms with E-state index in [4.69, 9.17) is 25.8 Å². The van der Waals surface area contributed by atoms with Gasteiger partial charge in [-0.15, -0.1) is 0 Å². The zero-order valence-corrected chi connectivity index (χ0v) is 15.1. The van der Waals surface area contributed by atoms with Crippen LogP contribution in [0.2, 0.25) is 5.02 Å². The van der Waals surface area contributed by atoms with Crippen molar-refractivity contribution in [3.05, 3.63) is 61.1 Å². The van der Waals surface area contributed by atoms with Crippen LogP contribution in [0.1, 0.15) is 5.56 Å². The number of hydrogen-bond acceptors (Lipinski definition) is 9. The summed E-state index contributed by atoms with van der Waals surface area (Å²) in [6.45, 7) is -0.638. The minimum absolute atomic E-state index is 0.0575. The van der Waals surface area contributed by atoms with Crippen LogP contribution in [0.25, 0.3) is 0 Å². The average Bonchev–Trinajstić information content (AvgIpc) is 3.13. The molecule has 12 nitrogen and oxygen atoms in total. The van der Waals surface area contributed by atoms with Gasteiger partial charge in [0.05, 0.1) is 27.7 Å². The Bertz CT molecular complexity index is 1030. The van der Waals surface area contributed by atoms with Gasteiger partial charge in [-0.1, -0.05) is 11.6 Å². The van der Waals surface area contributed by atoms with Crippen LogP contribution in [0.4, 0.5) is 11.4 Å². The summed E-state index contributed by atoms with van der Waals surface area (Å²) >= 11 is 5.70. The van der Waals surface area contributed by atoms with Crippen molar-refractivity contribution in [2.45, 2.75) is 0 Å². The van der Waals surface area contributed by atoms with Crippen LogP contribution in [-0.4, -0.2) is 35.4 Å². The summed E-state index contributed by atoms with van der Waals surface area (Å²) in [7, 11) is 0. The highest BCUT2D eigenvalue weighted by molar-refractivity contribution is 6.30. The van der Waals surface area contributed by atoms with E-state index < -0.39 is 28.0 Å². The first-order valence-corrected chi connectivity index (χ1v) is 8.19. The first-order chi connectivity index (χ1) is 13.8. The van der Waals surface area contributed by atoms with Gasteiger partial charge >= 0.3 is 5.69 Å². The van der Waals surface area contributed by atoms with Gasteiger partial charge in [0, 0.05) is 11.1 Å². The molecule has 150 valence electrons. The third-order valence-corrected chi connectivity index (χ3v) is 3.82. The van der Waals surface area contributed by atoms with Gasteiger partial charge in [-0.25, -0.2) is 5.43 Å². The van der Waals surface area contributed by atoms with Crippen molar-refractivity contribution in [2.75, 3.05) is 13.4 Å². The molecule has 0 spiro atoms. The molecule has 0 unspecified atom stereocenters. The van der Waals surface area contributed by atoms with Gasteiger partial charge in [-0.2, -0.15) is 5.10 Å². The second-order valence-electron chi connectivity index (χ2n) is 5.47. The molecule has 0 fully saturated rings. The van der Waals surface area contributed by atoms with Gasteiger partial charge in [0.25, 0.3) is 11.6 Å². The number of nitro groups is 2. The SMILES string of the molecule is O=C(COc1ccc(Cl)cc1[N+](=O)[O-])N/N=C/c1cc2c(cc1[N+](=O)[O-])OCO2. The molecule has 29 heavy (non-hydrogen) atoms. The van der Waals surface area contributed by atoms with E-state index in [0.29, 0.717) is 5.75 Å². The van der Waals surface area contributed by atoms with E-state index in [9.17, 15) is 25.0 Å². The summed E-state index contributed by atoms with van der Waals surface area (Å²) < 4.78 is 15.3. The van der Waals surface area contributed by atoms with E-state index in [1.54, 1.807) is 0 Å². The maximum atomic E-state index is 11.8. The minimum atomic E-state index is -0.742. The number of ether oxygens (including phenoxy) is 3. The number of nitro benzene ring substituents is 2. The lowest BCUT2D eigenvalue weighted by Crippen LogP contribution is -2.24. The fraction of sp³-hybridized carbons (Fsp3) is 0.125. The Morgan fingerprint density at radius 3 is 2.55 bits per heavy atom. The maximum Gasteiger partial charge on any atom is 0.312 e. The Morgan fingerprint density at radius 2 is 1.86 bits per heavy atom. The third kappa shape index (κ3) is 4.68. The van der Waals surface area contributed by atoms with Crippen LogP contribution in [0.15, 0.2) is 35.4 Å². The highest BCUT2D eigenvalue weighted by Gasteiger charge is 2.22. The van der Waals surface area contributed by atoms with E-state index in [2.05, 4.69) is 10.5 Å². The van der Waals surface area contributed by atoms with E-state index in [0.717, 1.165) is 12.3 Å². The smallest absolute Gasteiger partial charge is 0.312 e. The topological polar surface area (TPSA) is 155 Å². The molecule has 0 aromatic heterocycles. The van der Waals surface area contributed by atoms with Gasteiger partial charge in [0.1, 0.15) is 0 Å². The molecule has 1 aliphatic rings. The number of fused-ring (bicyclic) bond motifs is 1. The van der Waals surface area contributed by atoms with Crippen molar-refractivity contribution in [1.29, 1.82) is 0 Å². The number of benzene rings is 2. The molecule has 1 heterocycles. The fourth-order valence-electron chi connectivity index (χ4n) is 2.31. The van der Waals surface area contributed by atoms with Crippen molar-refractivity contribution in [2.24, 2.45) is 5.10 Å². The van der Waals surface area contributed by atoms with E-state index in [-0.39, 0.29) is 34.6 Å². The van der Waals surface area contributed by atoms with Gasteiger partial charge < -0.3 is 14.2 Å². The van der Waals surface area contributed by atoms with Crippen LogP contribution in [0, 0.1) is 20.2 Å². The van der Waals surface area contributed by atoms with Crippen LogP contribution in [0.5, 0.6) is 17.2 Å². The molecule has 2 aromatic carbocycles. The molecule has 1 aliphatic heterocycles. The number of carbonyl (C=O) groups is 1. The van der Waals surface area contributed by atoms with E-state index in [1.165, 1.54) is 24.3 Å². The van der Waals surface area contributed by atoms with Crippen LogP contribution in [-0.2, 0) is 4.79 Å². The molecule has 0 bridgehead atoms. The zero-order valence-electron chi connectivity index (χ0n) is 14.4. The summed E-state index contributed by atoms with van der Waals surface area (Å²) in [5, 5.41) is 25.9. The molecular formula is C16H11ClN4O8. The zero-order chi connectivity index (χ0) is 21.0. The lowest BCUT2D eigenvalue weighted by molar-refractivity contribution is -0.385. The molecule has 1 N–H and O–H groups in total. The largest absolute Gasteiger partial charge is 0.477 e. The number of hydrazone groups is 1. The van der Waals surface area contributed by atoms with Crippen molar-refractivity contribution in [1.82, 2.24) is 5.43 Å². The average molecular weight is 423 g/mol. The second-order valence-corrected chi connectivity index (χ2v) is 5.91. The molecule has 0 aliphatic carbocycles. The van der Waals surface area contributed by atoms with Crippen LogP contribution >= 0.6 is 11.6 Å². The van der Waals surface area contributed by atoms with Gasteiger partial charge in [-0.05, 0) is 18.2 Å². The summed E-state index contributed by atoms with van der Waals surface area (Å²) in [5.41, 5.74) is 1.50. The summed E-state index contributed by atoms with van der Waals surface area (Å²) in [6, 6.07) is 6.26. The van der Waals surface area contributed by atoms with E-state index >= 15 is 0 Å². The molecule has 2 aromatic rings. The van der Waals surface area contributed by atoms with E-state index in [1.807, 2.05) is 0 Å². The highest BCUT2D eigenvalue weighted by Crippen LogP contribution is 2.37. The van der Waals surface area contributed by atoms with Crippen LogP contribution in [0.3, 0.4) is 0 Å². The minimum Gasteiger partial charge on any atom is -0.477 e. The molecule has 0 saturated heterocycles. The van der Waals surface area contributed by atoms with Crippen LogP contribution < -0.4 is 19.6 Å². The molecular weight excluding hydrogens is 412 g/mol. The Morgan fingerprint density at radius 1 is 1.17 bits per heavy atom. The number of nitrogens with zero attached hydrogens (tertiary/aromatic N) is 3. The molecule has 13 heteroatoms. The molecule has 1 amide bonds. The summed E-state index contributed by atoms with van der Waals surface area (Å²) in [4.78, 5) is 32.7. The molecule has 0 saturated carbocycles. The first-order valence-electron chi connectivity index (χ1n) is 7.82. The molecule has 3 rings (SSSR count). The Hall–Kier alpha value is -3.93. The van der Waals surface area contributed by atoms with Crippen molar-refractivity contribution in [3.63, 3.8) is 0 Å². The van der Waals surface area contributed by atoms with Gasteiger partial charge in [0.2, 0.25) is 6.79 Å². The number of halogens is 1. The van der Waals surface area contributed by atoms with Crippen molar-refractivity contribution in [3.8, 4) is 17.2 Å². The number of carbonyl (C=O) groups excluding carboxylic acids is 1. The fourth-order valence-corrected chi connectivity index (χ4v) is 2.48. The predicted molar refractivity (Wildman–Crippen MR) is 98.6 cm³/mol. The quantitative estimate of drug-likeness (QED) is 0.405. The first kappa shape index (κ1) is 19.8. The molecule has 0 radical (unpaired) electrons. The Kier molecular flexibility index (Phi) is 5.74. The van der Waals surface area contributed by atoms with Gasteiger partial charge in [-0.3, -0.25) is 25.0 Å². The second kappa shape index (κ2) is 8.39. The van der Waals surface area contributed by atoms with Crippen molar-refractivity contribution >= 4 is 35.1 Å². The monoisotopic (exact) mass is 422 g/mol.